The van der Waals surface area contributed by atoms with Crippen molar-refractivity contribution in [1.29, 1.82) is 0 Å². The molecule has 7 heteroatoms. The fourth-order valence-corrected chi connectivity index (χ4v) is 6.31. The van der Waals surface area contributed by atoms with Crippen LogP contribution in [0.4, 0.5) is 4.79 Å². The molecule has 1 heterocycles. The molecule has 0 radical (unpaired) electrons. The molecular weight excluding hydrogens is 462 g/mol. The molecular formula is C28H47ClN3O3+. The molecule has 1 aromatic carbocycles. The van der Waals surface area contributed by atoms with Gasteiger partial charge in [0.25, 0.3) is 0 Å². The van der Waals surface area contributed by atoms with E-state index in [-0.39, 0.29) is 18.0 Å². The van der Waals surface area contributed by atoms with E-state index in [1.54, 1.807) is 7.11 Å². The van der Waals surface area contributed by atoms with E-state index >= 15 is 0 Å². The number of nitrogens with two attached hydrogens (primary N) is 1. The normalized spacial score (nSPS) is 21.9. The maximum absolute atomic E-state index is 13.4. The molecule has 6 nitrogen and oxygen atoms in total. The molecule has 2 aliphatic rings. The molecule has 3 rings (SSSR count). The largest absolute Gasteiger partial charge is 0.385 e. The first kappa shape index (κ1) is 28.2. The van der Waals surface area contributed by atoms with E-state index in [9.17, 15) is 9.90 Å². The Bertz CT molecular complexity index is 774. The van der Waals surface area contributed by atoms with Crippen LogP contribution in [-0.2, 0) is 10.3 Å². The Morgan fingerprint density at radius 3 is 2.77 bits per heavy atom. The molecule has 0 spiro atoms. The average Bonchev–Trinajstić information content (AvgIpc) is 2.87. The molecule has 198 valence electrons. The summed E-state index contributed by atoms with van der Waals surface area (Å²) in [6.45, 7) is 2.89. The van der Waals surface area contributed by atoms with Crippen LogP contribution in [0.15, 0.2) is 24.3 Å². The van der Waals surface area contributed by atoms with E-state index in [2.05, 4.69) is 17.7 Å². The molecule has 0 bridgehead atoms. The molecule has 1 aromatic rings. The van der Waals surface area contributed by atoms with Crippen molar-refractivity contribution in [2.24, 2.45) is 11.8 Å². The van der Waals surface area contributed by atoms with E-state index in [4.69, 9.17) is 16.3 Å². The van der Waals surface area contributed by atoms with Crippen molar-refractivity contribution in [3.05, 3.63) is 34.9 Å². The van der Waals surface area contributed by atoms with Gasteiger partial charge in [-0.3, -0.25) is 0 Å². The molecule has 2 fully saturated rings. The fourth-order valence-electron chi connectivity index (χ4n) is 6.12. The Balaban J connectivity index is 1.67. The van der Waals surface area contributed by atoms with Gasteiger partial charge in [0.15, 0.2) is 0 Å². The van der Waals surface area contributed by atoms with E-state index in [0.29, 0.717) is 24.6 Å². The highest BCUT2D eigenvalue weighted by Gasteiger charge is 2.41. The minimum Gasteiger partial charge on any atom is -0.385 e. The molecule has 3 atom stereocenters. The molecule has 0 unspecified atom stereocenters. The number of halogens is 1. The van der Waals surface area contributed by atoms with Crippen LogP contribution in [0.2, 0.25) is 5.02 Å². The molecule has 2 amide bonds. The van der Waals surface area contributed by atoms with E-state index in [1.165, 1.54) is 32.1 Å². The van der Waals surface area contributed by atoms with Crippen LogP contribution < -0.4 is 10.6 Å². The zero-order valence-electron chi connectivity index (χ0n) is 21.8. The Morgan fingerprint density at radius 1 is 1.26 bits per heavy atom. The number of nitrogens with zero attached hydrogens (tertiary/aromatic N) is 1. The number of piperidine rings is 1. The van der Waals surface area contributed by atoms with Gasteiger partial charge in [-0.15, -0.1) is 0 Å². The van der Waals surface area contributed by atoms with Crippen molar-refractivity contribution in [3.8, 4) is 0 Å². The summed E-state index contributed by atoms with van der Waals surface area (Å²) in [5.74, 6) is 0.695. The molecule has 1 saturated carbocycles. The van der Waals surface area contributed by atoms with E-state index in [0.717, 1.165) is 56.7 Å². The highest BCUT2D eigenvalue weighted by Crippen LogP contribution is 2.40. The van der Waals surface area contributed by atoms with Crippen molar-refractivity contribution >= 4 is 17.6 Å². The molecule has 1 saturated heterocycles. The smallest absolute Gasteiger partial charge is 0.317 e. The fraction of sp³-hybridized carbons (Fsp3) is 0.750. The van der Waals surface area contributed by atoms with Gasteiger partial charge in [-0.25, -0.2) is 4.79 Å². The Morgan fingerprint density at radius 2 is 2.06 bits per heavy atom. The zero-order chi connectivity index (χ0) is 25.1. The van der Waals surface area contributed by atoms with Crippen molar-refractivity contribution in [1.82, 2.24) is 10.2 Å². The maximum Gasteiger partial charge on any atom is 0.317 e. The van der Waals surface area contributed by atoms with Gasteiger partial charge in [-0.2, -0.15) is 0 Å². The SMILES string of the molecule is C[NH2+]C[C@H](CC1CCCCC1)NC(=O)N1CCC[C@@H]([C@@](O)(CCCCOC)c2cccc(Cl)c2)C1. The number of likely N-dealkylation sites (N-methyl/N-ethyl adjacent to an activating group) is 1. The number of urea groups is 1. The predicted octanol–water partition coefficient (Wildman–Crippen LogP) is 4.30. The minimum absolute atomic E-state index is 0.0187. The quantitative estimate of drug-likeness (QED) is 0.368. The molecule has 35 heavy (non-hydrogen) atoms. The van der Waals surface area contributed by atoms with Crippen molar-refractivity contribution in [3.63, 3.8) is 0 Å². The first-order valence-electron chi connectivity index (χ1n) is 13.8. The van der Waals surface area contributed by atoms with Crippen LogP contribution in [-0.4, -0.2) is 62.5 Å². The summed E-state index contributed by atoms with van der Waals surface area (Å²) < 4.78 is 5.22. The molecule has 1 aliphatic carbocycles. The zero-order valence-corrected chi connectivity index (χ0v) is 22.6. The lowest BCUT2D eigenvalue weighted by Crippen LogP contribution is -2.83. The Hall–Kier alpha value is -1.34. The van der Waals surface area contributed by atoms with Crippen LogP contribution >= 0.6 is 11.6 Å². The summed E-state index contributed by atoms with van der Waals surface area (Å²) in [7, 11) is 3.78. The van der Waals surface area contributed by atoms with Gasteiger partial charge in [-0.1, -0.05) is 55.8 Å². The highest BCUT2D eigenvalue weighted by molar-refractivity contribution is 6.30. The topological polar surface area (TPSA) is 78.4 Å². The number of benzene rings is 1. The number of ether oxygens (including phenoxy) is 1. The van der Waals surface area contributed by atoms with Crippen molar-refractivity contribution < 1.29 is 20.0 Å². The van der Waals surface area contributed by atoms with Gasteiger partial charge < -0.3 is 25.4 Å². The van der Waals surface area contributed by atoms with Gasteiger partial charge in [0.05, 0.1) is 25.2 Å². The maximum atomic E-state index is 13.4. The minimum atomic E-state index is -1.02. The van der Waals surface area contributed by atoms with Gasteiger partial charge in [-0.05, 0) is 62.1 Å². The monoisotopic (exact) mass is 508 g/mol. The van der Waals surface area contributed by atoms with Crippen LogP contribution in [0, 0.1) is 11.8 Å². The van der Waals surface area contributed by atoms with Gasteiger partial charge in [0.1, 0.15) is 0 Å². The summed E-state index contributed by atoms with van der Waals surface area (Å²) in [5, 5.41) is 18.2. The number of likely N-dealkylation sites (tertiary alicyclic amines) is 1. The number of amides is 2. The summed E-state index contributed by atoms with van der Waals surface area (Å²) >= 11 is 6.31. The first-order valence-corrected chi connectivity index (χ1v) is 14.1. The third-order valence-electron chi connectivity index (χ3n) is 8.06. The standard InChI is InChI=1S/C28H46ClN3O3/c1-30-20-26(18-22-10-4-3-5-11-22)31-27(33)32-16-9-13-24(21-32)28(34,15-6-7-17-35-2)23-12-8-14-25(29)19-23/h8,12,14,19,22,24,26,30,34H,3-7,9-11,13,15-18,20-21H2,1-2H3,(H,31,33)/p+1/t24-,26+,28-/m1/s1. The lowest BCUT2D eigenvalue weighted by Gasteiger charge is -2.43. The summed E-state index contributed by atoms with van der Waals surface area (Å²) in [6.07, 6.45) is 11.8. The molecule has 1 aliphatic heterocycles. The second kappa shape index (κ2) is 14.4. The van der Waals surface area contributed by atoms with Gasteiger partial charge in [0, 0.05) is 37.7 Å². The van der Waals surface area contributed by atoms with Gasteiger partial charge in [0.2, 0.25) is 0 Å². The molecule has 4 N–H and O–H groups in total. The Kier molecular flexibility index (Phi) is 11.6. The summed E-state index contributed by atoms with van der Waals surface area (Å²) in [5.41, 5.74) is -0.165. The number of nitrogens with one attached hydrogen (secondary N) is 1. The lowest BCUT2D eigenvalue weighted by atomic mass is 9.74. The average molecular weight is 509 g/mol. The first-order chi connectivity index (χ1) is 17.0. The van der Waals surface area contributed by atoms with E-state index < -0.39 is 5.60 Å². The Labute approximate surface area is 217 Å². The van der Waals surface area contributed by atoms with Crippen molar-refractivity contribution in [2.45, 2.75) is 82.3 Å². The number of carbonyl (C=O) groups excluding carboxylic acids is 1. The number of methoxy groups -OCH3 is 1. The lowest BCUT2D eigenvalue weighted by molar-refractivity contribution is -0.629. The van der Waals surface area contributed by atoms with Crippen LogP contribution in [0.1, 0.15) is 76.2 Å². The number of quaternary nitrogens is 1. The summed E-state index contributed by atoms with van der Waals surface area (Å²) in [6, 6.07) is 7.81. The second-order valence-corrected chi connectivity index (χ2v) is 11.1. The number of rotatable bonds is 12. The number of unbranched alkanes of at least 4 members (excludes halogenated alkanes) is 1. The van der Waals surface area contributed by atoms with Crippen LogP contribution in [0.5, 0.6) is 0 Å². The number of aliphatic hydroxyl groups is 1. The highest BCUT2D eigenvalue weighted by atomic mass is 35.5. The number of hydrogen-bond donors (Lipinski definition) is 3. The predicted molar refractivity (Wildman–Crippen MR) is 142 cm³/mol. The second-order valence-electron chi connectivity index (χ2n) is 10.7. The third-order valence-corrected chi connectivity index (χ3v) is 8.29. The van der Waals surface area contributed by atoms with Crippen LogP contribution in [0.3, 0.4) is 0 Å². The van der Waals surface area contributed by atoms with Crippen LogP contribution in [0.25, 0.3) is 0 Å². The molecule has 0 aromatic heterocycles. The van der Waals surface area contributed by atoms with E-state index in [1.807, 2.05) is 29.2 Å². The number of carbonyl (C=O) groups is 1. The van der Waals surface area contributed by atoms with Gasteiger partial charge >= 0.3 is 6.03 Å². The summed E-state index contributed by atoms with van der Waals surface area (Å²) in [4.78, 5) is 15.3. The third kappa shape index (κ3) is 8.34. The van der Waals surface area contributed by atoms with Crippen molar-refractivity contribution in [2.75, 3.05) is 40.4 Å². The number of hydrogen-bond acceptors (Lipinski definition) is 3.